The maximum absolute atomic E-state index is 11.5. The number of amides is 1. The lowest BCUT2D eigenvalue weighted by molar-refractivity contribution is 0.0703. The SMILES string of the molecule is CC(C)(CO)CNC(=O)OC1CCCCC1. The Kier molecular flexibility index (Phi) is 5.06. The number of hydrogen-bond acceptors (Lipinski definition) is 3. The Morgan fingerprint density at radius 3 is 2.56 bits per heavy atom. The van der Waals surface area contributed by atoms with Gasteiger partial charge in [-0.2, -0.15) is 0 Å². The number of hydrogen-bond donors (Lipinski definition) is 2. The van der Waals surface area contributed by atoms with Crippen LogP contribution in [0.4, 0.5) is 4.79 Å². The molecule has 0 aromatic carbocycles. The lowest BCUT2D eigenvalue weighted by atomic mass is 9.95. The number of carbonyl (C=O) groups excluding carboxylic acids is 1. The predicted molar refractivity (Wildman–Crippen MR) is 62.2 cm³/mol. The van der Waals surface area contributed by atoms with Crippen LogP contribution in [0.3, 0.4) is 0 Å². The van der Waals surface area contributed by atoms with Crippen LogP contribution in [0.25, 0.3) is 0 Å². The fourth-order valence-corrected chi connectivity index (χ4v) is 1.74. The van der Waals surface area contributed by atoms with Crippen molar-refractivity contribution in [2.75, 3.05) is 13.2 Å². The van der Waals surface area contributed by atoms with Gasteiger partial charge in [-0.3, -0.25) is 0 Å². The third kappa shape index (κ3) is 4.84. The van der Waals surface area contributed by atoms with Gasteiger partial charge in [-0.15, -0.1) is 0 Å². The molecule has 2 N–H and O–H groups in total. The van der Waals surface area contributed by atoms with Crippen molar-refractivity contribution in [2.24, 2.45) is 5.41 Å². The van der Waals surface area contributed by atoms with E-state index >= 15 is 0 Å². The second kappa shape index (κ2) is 6.09. The van der Waals surface area contributed by atoms with Crippen LogP contribution in [-0.4, -0.2) is 30.5 Å². The number of rotatable bonds is 4. The molecule has 4 nitrogen and oxygen atoms in total. The van der Waals surface area contributed by atoms with Crippen LogP contribution in [0, 0.1) is 5.41 Å². The van der Waals surface area contributed by atoms with Crippen LogP contribution < -0.4 is 5.32 Å². The Labute approximate surface area is 97.4 Å². The molecular weight excluding hydrogens is 206 g/mol. The monoisotopic (exact) mass is 229 g/mol. The van der Waals surface area contributed by atoms with E-state index in [0.29, 0.717) is 6.54 Å². The van der Waals surface area contributed by atoms with E-state index in [4.69, 9.17) is 9.84 Å². The van der Waals surface area contributed by atoms with Crippen LogP contribution >= 0.6 is 0 Å². The molecule has 0 heterocycles. The minimum atomic E-state index is -0.353. The number of nitrogens with one attached hydrogen (secondary N) is 1. The fraction of sp³-hybridized carbons (Fsp3) is 0.917. The van der Waals surface area contributed by atoms with Gasteiger partial charge >= 0.3 is 6.09 Å². The first-order valence-corrected chi connectivity index (χ1v) is 6.09. The van der Waals surface area contributed by atoms with Crippen LogP contribution in [-0.2, 0) is 4.74 Å². The second-order valence-electron chi connectivity index (χ2n) is 5.34. The van der Waals surface area contributed by atoms with Crippen molar-refractivity contribution in [2.45, 2.75) is 52.1 Å². The van der Waals surface area contributed by atoms with Crippen molar-refractivity contribution >= 4 is 6.09 Å². The zero-order chi connectivity index (χ0) is 12.0. The van der Waals surface area contributed by atoms with Gasteiger partial charge in [-0.05, 0) is 25.7 Å². The minimum absolute atomic E-state index is 0.0523. The Balaban J connectivity index is 2.19. The molecule has 0 spiro atoms. The van der Waals surface area contributed by atoms with E-state index in [-0.39, 0.29) is 24.2 Å². The highest BCUT2D eigenvalue weighted by Crippen LogP contribution is 2.20. The molecule has 0 radical (unpaired) electrons. The number of alkyl carbamates (subject to hydrolysis) is 1. The Bertz CT molecular complexity index is 222. The molecule has 0 saturated heterocycles. The van der Waals surface area contributed by atoms with Crippen molar-refractivity contribution in [3.63, 3.8) is 0 Å². The van der Waals surface area contributed by atoms with E-state index in [9.17, 15) is 4.79 Å². The second-order valence-corrected chi connectivity index (χ2v) is 5.34. The summed E-state index contributed by atoms with van der Waals surface area (Å²) >= 11 is 0. The molecule has 1 saturated carbocycles. The summed E-state index contributed by atoms with van der Waals surface area (Å²) in [6, 6.07) is 0. The molecule has 0 aliphatic heterocycles. The van der Waals surface area contributed by atoms with Crippen LogP contribution in [0.15, 0.2) is 0 Å². The standard InChI is InChI=1S/C12H23NO3/c1-12(2,9-14)8-13-11(15)16-10-6-4-3-5-7-10/h10,14H,3-9H2,1-2H3,(H,13,15). The van der Waals surface area contributed by atoms with E-state index < -0.39 is 0 Å². The maximum atomic E-state index is 11.5. The van der Waals surface area contributed by atoms with Crippen LogP contribution in [0.1, 0.15) is 46.0 Å². The first-order chi connectivity index (χ1) is 7.53. The molecule has 94 valence electrons. The number of aliphatic hydroxyl groups is 1. The summed E-state index contributed by atoms with van der Waals surface area (Å²) < 4.78 is 5.30. The van der Waals surface area contributed by atoms with E-state index in [1.54, 1.807) is 0 Å². The van der Waals surface area contributed by atoms with Crippen molar-refractivity contribution in [1.29, 1.82) is 0 Å². The Hall–Kier alpha value is -0.770. The van der Waals surface area contributed by atoms with Crippen LogP contribution in [0.2, 0.25) is 0 Å². The van der Waals surface area contributed by atoms with E-state index in [1.165, 1.54) is 6.42 Å². The smallest absolute Gasteiger partial charge is 0.407 e. The van der Waals surface area contributed by atoms with Crippen molar-refractivity contribution in [3.05, 3.63) is 0 Å². The number of aliphatic hydroxyl groups excluding tert-OH is 1. The highest BCUT2D eigenvalue weighted by atomic mass is 16.6. The minimum Gasteiger partial charge on any atom is -0.446 e. The van der Waals surface area contributed by atoms with E-state index in [0.717, 1.165) is 25.7 Å². The predicted octanol–water partition coefficient (Wildman–Crippen LogP) is 2.06. The lowest BCUT2D eigenvalue weighted by Crippen LogP contribution is -2.38. The van der Waals surface area contributed by atoms with E-state index in [2.05, 4.69) is 5.32 Å². The number of carbonyl (C=O) groups is 1. The Morgan fingerprint density at radius 2 is 2.00 bits per heavy atom. The Morgan fingerprint density at radius 1 is 1.38 bits per heavy atom. The summed E-state index contributed by atoms with van der Waals surface area (Å²) in [5.41, 5.74) is -0.286. The normalized spacial score (nSPS) is 18.2. The molecule has 1 fully saturated rings. The highest BCUT2D eigenvalue weighted by Gasteiger charge is 2.20. The molecule has 1 rings (SSSR count). The van der Waals surface area contributed by atoms with Crippen molar-refractivity contribution < 1.29 is 14.6 Å². The zero-order valence-electron chi connectivity index (χ0n) is 10.3. The molecule has 4 heteroatoms. The van der Waals surface area contributed by atoms with Gasteiger partial charge in [0, 0.05) is 18.6 Å². The molecule has 0 bridgehead atoms. The van der Waals surface area contributed by atoms with Crippen molar-refractivity contribution in [1.82, 2.24) is 5.32 Å². The third-order valence-electron chi connectivity index (χ3n) is 2.97. The van der Waals surface area contributed by atoms with E-state index in [1.807, 2.05) is 13.8 Å². The molecule has 1 aliphatic carbocycles. The number of ether oxygens (including phenoxy) is 1. The topological polar surface area (TPSA) is 58.6 Å². The molecule has 0 atom stereocenters. The summed E-state index contributed by atoms with van der Waals surface area (Å²) in [5.74, 6) is 0. The summed E-state index contributed by atoms with van der Waals surface area (Å²) in [4.78, 5) is 11.5. The molecule has 1 aliphatic rings. The van der Waals surface area contributed by atoms with Gasteiger partial charge in [0.1, 0.15) is 6.10 Å². The highest BCUT2D eigenvalue weighted by molar-refractivity contribution is 5.67. The summed E-state index contributed by atoms with van der Waals surface area (Å²) in [7, 11) is 0. The van der Waals surface area contributed by atoms with Gasteiger partial charge in [0.25, 0.3) is 0 Å². The first-order valence-electron chi connectivity index (χ1n) is 6.09. The van der Waals surface area contributed by atoms with Crippen molar-refractivity contribution in [3.8, 4) is 0 Å². The quantitative estimate of drug-likeness (QED) is 0.775. The maximum Gasteiger partial charge on any atom is 0.407 e. The van der Waals surface area contributed by atoms with Crippen LogP contribution in [0.5, 0.6) is 0 Å². The molecule has 16 heavy (non-hydrogen) atoms. The van der Waals surface area contributed by atoms with Gasteiger partial charge in [0.15, 0.2) is 0 Å². The lowest BCUT2D eigenvalue weighted by Gasteiger charge is -2.25. The molecular formula is C12H23NO3. The molecule has 0 unspecified atom stereocenters. The summed E-state index contributed by atoms with van der Waals surface area (Å²) in [6.07, 6.45) is 5.26. The fourth-order valence-electron chi connectivity index (χ4n) is 1.74. The van der Waals surface area contributed by atoms with Gasteiger partial charge in [-0.1, -0.05) is 20.3 Å². The van der Waals surface area contributed by atoms with Gasteiger partial charge in [0.05, 0.1) is 0 Å². The molecule has 0 aromatic heterocycles. The first kappa shape index (κ1) is 13.3. The summed E-state index contributed by atoms with van der Waals surface area (Å²) in [5, 5.41) is 11.7. The average molecular weight is 229 g/mol. The average Bonchev–Trinajstić information content (AvgIpc) is 2.28. The zero-order valence-corrected chi connectivity index (χ0v) is 10.3. The largest absolute Gasteiger partial charge is 0.446 e. The third-order valence-corrected chi connectivity index (χ3v) is 2.97. The van der Waals surface area contributed by atoms with Gasteiger partial charge in [0.2, 0.25) is 0 Å². The van der Waals surface area contributed by atoms with Gasteiger partial charge in [-0.25, -0.2) is 4.79 Å². The molecule has 0 aromatic rings. The molecule has 1 amide bonds. The van der Waals surface area contributed by atoms with Gasteiger partial charge < -0.3 is 15.2 Å². The summed E-state index contributed by atoms with van der Waals surface area (Å²) in [6.45, 7) is 4.29.